The van der Waals surface area contributed by atoms with Crippen LogP contribution in [0.25, 0.3) is 16.7 Å². The highest BCUT2D eigenvalue weighted by atomic mass is 15.2. The van der Waals surface area contributed by atoms with Crippen molar-refractivity contribution in [3.8, 4) is 0 Å². The van der Waals surface area contributed by atoms with Gasteiger partial charge in [0.2, 0.25) is 0 Å². The minimum atomic E-state index is 0.866. The lowest BCUT2D eigenvalue weighted by Crippen LogP contribution is -2.20. The van der Waals surface area contributed by atoms with Crippen LogP contribution in [-0.4, -0.2) is 4.90 Å². The third-order valence-corrected chi connectivity index (χ3v) is 7.97. The van der Waals surface area contributed by atoms with Gasteiger partial charge < -0.3 is 4.90 Å². The fourth-order valence-electron chi connectivity index (χ4n) is 5.59. The Kier molecular flexibility index (Phi) is 9.86. The molecule has 2 aliphatic carbocycles. The molecular formula is C41H41N. The van der Waals surface area contributed by atoms with Gasteiger partial charge in [-0.15, -0.1) is 0 Å². The third kappa shape index (κ3) is 7.36. The lowest BCUT2D eigenvalue weighted by Gasteiger charge is -2.30. The number of hydrogen-bond acceptors (Lipinski definition) is 1. The quantitative estimate of drug-likeness (QED) is 0.257. The maximum Gasteiger partial charge on any atom is 0.0455 e. The van der Waals surface area contributed by atoms with Crippen LogP contribution in [0.1, 0.15) is 61.3 Å². The number of rotatable bonds is 9. The molecule has 42 heavy (non-hydrogen) atoms. The second-order valence-electron chi connectivity index (χ2n) is 10.9. The molecule has 0 spiro atoms. The van der Waals surface area contributed by atoms with E-state index in [4.69, 9.17) is 0 Å². The molecule has 5 rings (SSSR count). The Bertz CT molecular complexity index is 1590. The van der Waals surface area contributed by atoms with Gasteiger partial charge in [-0.1, -0.05) is 134 Å². The molecule has 3 aromatic carbocycles. The Morgan fingerprint density at radius 3 is 2.07 bits per heavy atom. The van der Waals surface area contributed by atoms with Gasteiger partial charge in [-0.2, -0.15) is 0 Å². The van der Waals surface area contributed by atoms with E-state index in [1.54, 1.807) is 0 Å². The monoisotopic (exact) mass is 547 g/mol. The van der Waals surface area contributed by atoms with Crippen LogP contribution in [-0.2, 0) is 0 Å². The number of aryl methyl sites for hydroxylation is 1. The topological polar surface area (TPSA) is 3.24 Å². The van der Waals surface area contributed by atoms with Crippen molar-refractivity contribution in [2.24, 2.45) is 0 Å². The first kappa shape index (κ1) is 28.9. The van der Waals surface area contributed by atoms with E-state index in [-0.39, 0.29) is 0 Å². The first-order valence-electron chi connectivity index (χ1n) is 15.1. The molecule has 0 saturated heterocycles. The summed E-state index contributed by atoms with van der Waals surface area (Å²) in [6, 6.07) is 30.2. The van der Waals surface area contributed by atoms with E-state index < -0.39 is 0 Å². The molecule has 210 valence electrons. The van der Waals surface area contributed by atoms with Gasteiger partial charge in [0, 0.05) is 17.1 Å². The summed E-state index contributed by atoms with van der Waals surface area (Å²) in [6.45, 7) is 8.92. The van der Waals surface area contributed by atoms with Crippen molar-refractivity contribution in [2.45, 2.75) is 46.0 Å². The minimum Gasteiger partial charge on any atom is -0.315 e. The molecule has 0 amide bonds. The second-order valence-corrected chi connectivity index (χ2v) is 10.9. The van der Waals surface area contributed by atoms with Crippen LogP contribution in [0, 0.1) is 6.92 Å². The van der Waals surface area contributed by atoms with Crippen molar-refractivity contribution in [1.82, 2.24) is 4.90 Å². The zero-order valence-corrected chi connectivity index (χ0v) is 25.0. The molecule has 0 saturated carbocycles. The molecule has 1 nitrogen and oxygen atoms in total. The van der Waals surface area contributed by atoms with Crippen LogP contribution < -0.4 is 0 Å². The predicted octanol–water partition coefficient (Wildman–Crippen LogP) is 11.2. The van der Waals surface area contributed by atoms with Gasteiger partial charge in [0.25, 0.3) is 0 Å². The van der Waals surface area contributed by atoms with Crippen molar-refractivity contribution < 1.29 is 0 Å². The molecule has 0 bridgehead atoms. The van der Waals surface area contributed by atoms with E-state index in [2.05, 4.69) is 165 Å². The van der Waals surface area contributed by atoms with Gasteiger partial charge in [-0.3, -0.25) is 0 Å². The minimum absolute atomic E-state index is 0.866. The van der Waals surface area contributed by atoms with Crippen molar-refractivity contribution in [3.63, 3.8) is 0 Å². The maximum atomic E-state index is 4.65. The zero-order chi connectivity index (χ0) is 29.1. The number of hydrogen-bond donors (Lipinski definition) is 0. The Morgan fingerprint density at radius 2 is 1.36 bits per heavy atom. The SMILES string of the molecule is C=C(CC/C(=C\C)c1ccccc1)N(C1=CC=C(c2ccc(C)cc2)CC=C1)C1=C/C/C=C(/c2ccccc2)C/C=C\1. The predicted molar refractivity (Wildman–Crippen MR) is 182 cm³/mol. The molecule has 1 heteroatoms. The summed E-state index contributed by atoms with van der Waals surface area (Å²) in [7, 11) is 0. The van der Waals surface area contributed by atoms with Gasteiger partial charge in [0.05, 0.1) is 0 Å². The highest BCUT2D eigenvalue weighted by Gasteiger charge is 2.17. The Balaban J connectivity index is 1.45. The molecule has 0 unspecified atom stereocenters. The molecular weight excluding hydrogens is 506 g/mol. The Hall–Kier alpha value is -4.62. The van der Waals surface area contributed by atoms with E-state index in [0.29, 0.717) is 0 Å². The van der Waals surface area contributed by atoms with Crippen molar-refractivity contribution in [3.05, 3.63) is 186 Å². The van der Waals surface area contributed by atoms with Gasteiger partial charge in [-0.05, 0) is 97.6 Å². The highest BCUT2D eigenvalue weighted by molar-refractivity contribution is 5.70. The fraction of sp³-hybridized carbons (Fsp3) is 0.171. The largest absolute Gasteiger partial charge is 0.315 e. The van der Waals surface area contributed by atoms with E-state index >= 15 is 0 Å². The number of nitrogens with zero attached hydrogens (tertiary/aromatic N) is 1. The van der Waals surface area contributed by atoms with Gasteiger partial charge >= 0.3 is 0 Å². The summed E-state index contributed by atoms with van der Waals surface area (Å²) in [5.74, 6) is 0. The van der Waals surface area contributed by atoms with E-state index in [1.165, 1.54) is 44.7 Å². The molecule has 2 aliphatic rings. The Morgan fingerprint density at radius 1 is 0.714 bits per heavy atom. The molecule has 0 aromatic heterocycles. The summed E-state index contributed by atoms with van der Waals surface area (Å²) in [6.07, 6.45) is 25.1. The first-order chi connectivity index (χ1) is 20.6. The number of allylic oxidation sites excluding steroid dienone is 13. The molecule has 0 fully saturated rings. The molecule has 0 heterocycles. The van der Waals surface area contributed by atoms with E-state index in [1.807, 2.05) is 0 Å². The highest BCUT2D eigenvalue weighted by Crippen LogP contribution is 2.32. The lowest BCUT2D eigenvalue weighted by molar-refractivity contribution is 0.533. The van der Waals surface area contributed by atoms with Crippen molar-refractivity contribution in [2.75, 3.05) is 0 Å². The van der Waals surface area contributed by atoms with E-state index in [0.717, 1.165) is 43.5 Å². The zero-order valence-electron chi connectivity index (χ0n) is 25.0. The summed E-state index contributed by atoms with van der Waals surface area (Å²) < 4.78 is 0. The van der Waals surface area contributed by atoms with Crippen molar-refractivity contribution in [1.29, 1.82) is 0 Å². The molecule has 0 radical (unpaired) electrons. The number of benzene rings is 3. The van der Waals surface area contributed by atoms with Crippen LogP contribution >= 0.6 is 0 Å². The third-order valence-electron chi connectivity index (χ3n) is 7.97. The summed E-state index contributed by atoms with van der Waals surface area (Å²) in [4.78, 5) is 2.36. The normalized spacial score (nSPS) is 18.7. The average molecular weight is 548 g/mol. The molecule has 3 aromatic rings. The van der Waals surface area contributed by atoms with Gasteiger partial charge in [-0.25, -0.2) is 0 Å². The van der Waals surface area contributed by atoms with Gasteiger partial charge in [0.1, 0.15) is 0 Å². The van der Waals surface area contributed by atoms with Crippen LogP contribution in [0.5, 0.6) is 0 Å². The Labute approximate surface area is 252 Å². The average Bonchev–Trinajstić information content (AvgIpc) is 3.26. The van der Waals surface area contributed by atoms with Crippen molar-refractivity contribution >= 4 is 16.7 Å². The van der Waals surface area contributed by atoms with Crippen LogP contribution in [0.2, 0.25) is 0 Å². The smallest absolute Gasteiger partial charge is 0.0455 e. The van der Waals surface area contributed by atoms with Crippen LogP contribution in [0.3, 0.4) is 0 Å². The van der Waals surface area contributed by atoms with Crippen LogP contribution in [0.15, 0.2) is 163 Å². The van der Waals surface area contributed by atoms with E-state index in [9.17, 15) is 0 Å². The summed E-state index contributed by atoms with van der Waals surface area (Å²) >= 11 is 0. The van der Waals surface area contributed by atoms with Gasteiger partial charge in [0.15, 0.2) is 0 Å². The molecule has 0 atom stereocenters. The fourth-order valence-corrected chi connectivity index (χ4v) is 5.59. The first-order valence-corrected chi connectivity index (χ1v) is 15.1. The molecule has 0 N–H and O–H groups in total. The lowest BCUT2D eigenvalue weighted by atomic mass is 9.98. The maximum absolute atomic E-state index is 4.65. The standard InChI is InChI=1S/C41H41N/c1-4-34(35-14-7-5-8-15-35)29-26-33(3)42(40-21-11-18-37(19-12-22-40)36-16-9-6-10-17-36)41-23-13-20-38(30-31-41)39-27-24-32(2)25-28-39/h4-11,13-17,19,21-25,27-28,30-31H,3,12,18,20,26,29H2,1-2H3/b21-11-,34-4+,37-19+,40-22+. The summed E-state index contributed by atoms with van der Waals surface area (Å²) in [5, 5.41) is 0. The molecule has 0 aliphatic heterocycles. The van der Waals surface area contributed by atoms with Crippen LogP contribution in [0.4, 0.5) is 0 Å². The second kappa shape index (κ2) is 14.3. The summed E-state index contributed by atoms with van der Waals surface area (Å²) in [5.41, 5.74) is 12.6.